The van der Waals surface area contributed by atoms with Crippen LogP contribution in [0.15, 0.2) is 48.5 Å². The van der Waals surface area contributed by atoms with Crippen LogP contribution < -0.4 is 4.74 Å². The van der Waals surface area contributed by atoms with Crippen LogP contribution in [0.2, 0.25) is 0 Å². The number of hydrogen-bond donors (Lipinski definition) is 1. The molecule has 0 unspecified atom stereocenters. The summed E-state index contributed by atoms with van der Waals surface area (Å²) in [7, 11) is 3.98. The van der Waals surface area contributed by atoms with E-state index in [-0.39, 0.29) is 17.8 Å². The van der Waals surface area contributed by atoms with Crippen LogP contribution in [0.4, 0.5) is 4.39 Å². The van der Waals surface area contributed by atoms with Crippen molar-refractivity contribution in [3.05, 3.63) is 77.1 Å². The molecule has 168 valence electrons. The van der Waals surface area contributed by atoms with Crippen LogP contribution >= 0.6 is 0 Å². The Hall–Kier alpha value is -3.26. The van der Waals surface area contributed by atoms with E-state index in [4.69, 9.17) is 4.74 Å². The summed E-state index contributed by atoms with van der Waals surface area (Å²) in [5.41, 5.74) is 1.54. The van der Waals surface area contributed by atoms with Crippen LogP contribution in [0.25, 0.3) is 0 Å². The van der Waals surface area contributed by atoms with Gasteiger partial charge >= 0.3 is 0 Å². The van der Waals surface area contributed by atoms with Gasteiger partial charge in [-0.3, -0.25) is 9.89 Å². The van der Waals surface area contributed by atoms with Gasteiger partial charge < -0.3 is 14.5 Å². The quantitative estimate of drug-likeness (QED) is 0.584. The third-order valence-electron chi connectivity index (χ3n) is 5.53. The van der Waals surface area contributed by atoms with Crippen LogP contribution in [0.1, 0.15) is 46.5 Å². The molecule has 0 bridgehead atoms. The SMILES string of the molecule is CN(C)CCOc1cccc(C(=O)N2CCC[C@H]2c2n[nH]c(Cc3ccc(F)cc3)n2)c1. The van der Waals surface area contributed by atoms with Crippen LogP contribution in [-0.2, 0) is 6.42 Å². The minimum atomic E-state index is -0.265. The lowest BCUT2D eigenvalue weighted by Gasteiger charge is -2.23. The van der Waals surface area contributed by atoms with E-state index in [9.17, 15) is 9.18 Å². The molecule has 0 radical (unpaired) electrons. The third-order valence-corrected chi connectivity index (χ3v) is 5.53. The highest BCUT2D eigenvalue weighted by molar-refractivity contribution is 5.95. The maximum absolute atomic E-state index is 13.3. The molecule has 1 aromatic heterocycles. The zero-order chi connectivity index (χ0) is 22.5. The van der Waals surface area contributed by atoms with Crippen molar-refractivity contribution >= 4 is 5.91 Å². The van der Waals surface area contributed by atoms with E-state index in [1.54, 1.807) is 18.2 Å². The summed E-state index contributed by atoms with van der Waals surface area (Å²) >= 11 is 0. The number of benzene rings is 2. The van der Waals surface area contributed by atoms with Crippen LogP contribution in [0.5, 0.6) is 5.75 Å². The van der Waals surface area contributed by atoms with Crippen molar-refractivity contribution in [3.63, 3.8) is 0 Å². The topological polar surface area (TPSA) is 74.3 Å². The average molecular weight is 438 g/mol. The lowest BCUT2D eigenvalue weighted by molar-refractivity contribution is 0.0729. The number of nitrogens with one attached hydrogen (secondary N) is 1. The molecule has 1 atom stereocenters. The van der Waals surface area contributed by atoms with Crippen molar-refractivity contribution in [2.24, 2.45) is 0 Å². The molecule has 0 saturated carbocycles. The van der Waals surface area contributed by atoms with Gasteiger partial charge in [-0.15, -0.1) is 0 Å². The highest BCUT2D eigenvalue weighted by Gasteiger charge is 2.33. The first-order valence-electron chi connectivity index (χ1n) is 10.8. The number of aromatic nitrogens is 3. The molecule has 1 amide bonds. The molecule has 2 aromatic carbocycles. The van der Waals surface area contributed by atoms with Gasteiger partial charge in [-0.25, -0.2) is 9.37 Å². The molecule has 2 heterocycles. The van der Waals surface area contributed by atoms with Gasteiger partial charge in [0.15, 0.2) is 5.82 Å². The number of likely N-dealkylation sites (tertiary alicyclic amines) is 1. The van der Waals surface area contributed by atoms with Gasteiger partial charge in [-0.1, -0.05) is 18.2 Å². The van der Waals surface area contributed by atoms with E-state index in [0.29, 0.717) is 42.5 Å². The number of hydrogen-bond acceptors (Lipinski definition) is 5. The first-order chi connectivity index (χ1) is 15.5. The largest absolute Gasteiger partial charge is 0.492 e. The molecular formula is C24H28FN5O2. The number of halogens is 1. The van der Waals surface area contributed by atoms with Crippen molar-refractivity contribution in [2.45, 2.75) is 25.3 Å². The number of H-pyrrole nitrogens is 1. The van der Waals surface area contributed by atoms with Gasteiger partial charge in [0.1, 0.15) is 24.0 Å². The lowest BCUT2D eigenvalue weighted by atomic mass is 10.1. The number of ether oxygens (including phenoxy) is 1. The standard InChI is InChI=1S/C24H28FN5O2/c1-29(2)13-14-32-20-6-3-5-18(16-20)24(31)30-12-4-7-21(30)23-26-22(27-28-23)15-17-8-10-19(25)11-9-17/h3,5-6,8-11,16,21H,4,7,12-15H2,1-2H3,(H,26,27,28)/t21-/m0/s1. The Morgan fingerprint density at radius 3 is 2.84 bits per heavy atom. The fourth-order valence-corrected chi connectivity index (χ4v) is 3.84. The summed E-state index contributed by atoms with van der Waals surface area (Å²) < 4.78 is 18.9. The molecule has 1 aliphatic rings. The monoisotopic (exact) mass is 437 g/mol. The first kappa shape index (κ1) is 22.0. The Balaban J connectivity index is 1.44. The Morgan fingerprint density at radius 2 is 2.06 bits per heavy atom. The highest BCUT2D eigenvalue weighted by atomic mass is 19.1. The number of rotatable bonds is 8. The number of carbonyl (C=O) groups excluding carboxylic acids is 1. The molecule has 32 heavy (non-hydrogen) atoms. The van der Waals surface area contributed by atoms with Gasteiger partial charge in [0.25, 0.3) is 5.91 Å². The van der Waals surface area contributed by atoms with Crippen molar-refractivity contribution in [2.75, 3.05) is 33.8 Å². The van der Waals surface area contributed by atoms with Crippen LogP contribution in [-0.4, -0.2) is 64.7 Å². The van der Waals surface area contributed by atoms with Crippen molar-refractivity contribution in [1.29, 1.82) is 0 Å². The lowest BCUT2D eigenvalue weighted by Crippen LogP contribution is -2.31. The van der Waals surface area contributed by atoms with E-state index in [2.05, 4.69) is 15.2 Å². The van der Waals surface area contributed by atoms with Gasteiger partial charge in [0.05, 0.1) is 6.04 Å². The number of aromatic amines is 1. The number of likely N-dealkylation sites (N-methyl/N-ethyl adjacent to an activating group) is 1. The summed E-state index contributed by atoms with van der Waals surface area (Å²) in [4.78, 5) is 21.8. The van der Waals surface area contributed by atoms with Gasteiger partial charge in [0, 0.05) is 25.1 Å². The van der Waals surface area contributed by atoms with E-state index >= 15 is 0 Å². The van der Waals surface area contributed by atoms with E-state index in [1.807, 2.05) is 42.1 Å². The van der Waals surface area contributed by atoms with Crippen molar-refractivity contribution in [1.82, 2.24) is 25.0 Å². The molecule has 0 aliphatic carbocycles. The van der Waals surface area contributed by atoms with Gasteiger partial charge in [-0.2, -0.15) is 5.10 Å². The normalized spacial score (nSPS) is 16.0. The van der Waals surface area contributed by atoms with Crippen molar-refractivity contribution in [3.8, 4) is 5.75 Å². The molecule has 1 N–H and O–H groups in total. The predicted octanol–water partition coefficient (Wildman–Crippen LogP) is 3.45. The summed E-state index contributed by atoms with van der Waals surface area (Å²) in [5, 5.41) is 7.35. The Kier molecular flexibility index (Phi) is 6.80. The maximum Gasteiger partial charge on any atom is 0.254 e. The molecule has 1 aliphatic heterocycles. The Morgan fingerprint density at radius 1 is 1.25 bits per heavy atom. The average Bonchev–Trinajstić information content (AvgIpc) is 3.44. The van der Waals surface area contributed by atoms with E-state index < -0.39 is 0 Å². The molecule has 4 rings (SSSR count). The predicted molar refractivity (Wildman–Crippen MR) is 119 cm³/mol. The molecular weight excluding hydrogens is 409 g/mol. The second-order valence-corrected chi connectivity index (χ2v) is 8.28. The smallest absolute Gasteiger partial charge is 0.254 e. The second-order valence-electron chi connectivity index (χ2n) is 8.28. The Labute approximate surface area is 187 Å². The van der Waals surface area contributed by atoms with Crippen LogP contribution in [0, 0.1) is 5.82 Å². The maximum atomic E-state index is 13.3. The van der Waals surface area contributed by atoms with Crippen LogP contribution in [0.3, 0.4) is 0 Å². The Bertz CT molecular complexity index is 1050. The molecule has 3 aromatic rings. The third kappa shape index (κ3) is 5.31. The second kappa shape index (κ2) is 9.91. The number of carbonyl (C=O) groups is 1. The van der Waals surface area contributed by atoms with Gasteiger partial charge in [0.2, 0.25) is 0 Å². The molecule has 7 nitrogen and oxygen atoms in total. The summed E-state index contributed by atoms with van der Waals surface area (Å²) in [6, 6.07) is 13.5. The highest BCUT2D eigenvalue weighted by Crippen LogP contribution is 2.32. The zero-order valence-corrected chi connectivity index (χ0v) is 18.4. The first-order valence-corrected chi connectivity index (χ1v) is 10.8. The molecule has 8 heteroatoms. The summed E-state index contributed by atoms with van der Waals surface area (Å²) in [6.45, 7) is 2.03. The minimum absolute atomic E-state index is 0.0459. The zero-order valence-electron chi connectivity index (χ0n) is 18.4. The number of nitrogens with zero attached hydrogens (tertiary/aromatic N) is 4. The van der Waals surface area contributed by atoms with Gasteiger partial charge in [-0.05, 0) is 62.8 Å². The summed E-state index contributed by atoms with van der Waals surface area (Å²) in [6.07, 6.45) is 2.25. The minimum Gasteiger partial charge on any atom is -0.492 e. The molecule has 1 saturated heterocycles. The summed E-state index contributed by atoms with van der Waals surface area (Å²) in [5.74, 6) is 1.69. The fourth-order valence-electron chi connectivity index (χ4n) is 3.84. The van der Waals surface area contributed by atoms with Crippen molar-refractivity contribution < 1.29 is 13.9 Å². The fraction of sp³-hybridized carbons (Fsp3) is 0.375. The van der Waals surface area contributed by atoms with E-state index in [0.717, 1.165) is 24.9 Å². The molecule has 0 spiro atoms. The number of amides is 1. The molecule has 1 fully saturated rings. The van der Waals surface area contributed by atoms with E-state index in [1.165, 1.54) is 12.1 Å².